The molecule has 0 saturated heterocycles. The highest BCUT2D eigenvalue weighted by atomic mass is 16.3. The second-order valence-corrected chi connectivity index (χ2v) is 5.17. The van der Waals surface area contributed by atoms with Gasteiger partial charge < -0.3 is 10.4 Å². The molecule has 0 spiro atoms. The van der Waals surface area contributed by atoms with E-state index in [0.29, 0.717) is 12.5 Å². The first-order valence-corrected chi connectivity index (χ1v) is 6.74. The molecule has 1 rings (SSSR count). The Morgan fingerprint density at radius 3 is 2.37 bits per heavy atom. The quantitative estimate of drug-likeness (QED) is 0.699. The van der Waals surface area contributed by atoms with E-state index in [-0.39, 0.29) is 24.6 Å². The topological polar surface area (TPSA) is 61.4 Å². The van der Waals surface area contributed by atoms with Gasteiger partial charge in [0, 0.05) is 6.54 Å². The molecule has 0 aliphatic rings. The van der Waals surface area contributed by atoms with Gasteiger partial charge in [0.15, 0.2) is 0 Å². The molecule has 1 aromatic carbocycles. The standard InChI is InChI=1S/C15H24N2O2/c1-11(2)9-16-15(19)12(3)17-14(10-18)13-7-5-4-6-8-13/h4-8,11-12,14,17-18H,9-10H2,1-3H3,(H,16,19). The molecule has 0 bridgehead atoms. The van der Waals surface area contributed by atoms with E-state index >= 15 is 0 Å². The fourth-order valence-corrected chi connectivity index (χ4v) is 1.77. The Balaban J connectivity index is 2.54. The minimum atomic E-state index is -0.337. The van der Waals surface area contributed by atoms with E-state index in [1.807, 2.05) is 30.3 Å². The minimum absolute atomic E-state index is 0.0359. The lowest BCUT2D eigenvalue weighted by Gasteiger charge is -2.22. The number of nitrogens with one attached hydrogen (secondary N) is 2. The van der Waals surface area contributed by atoms with Crippen LogP contribution in [0.15, 0.2) is 30.3 Å². The molecule has 2 atom stereocenters. The van der Waals surface area contributed by atoms with E-state index < -0.39 is 0 Å². The van der Waals surface area contributed by atoms with Crippen LogP contribution in [0.25, 0.3) is 0 Å². The van der Waals surface area contributed by atoms with Gasteiger partial charge in [-0.15, -0.1) is 0 Å². The van der Waals surface area contributed by atoms with Gasteiger partial charge in [-0.25, -0.2) is 0 Å². The van der Waals surface area contributed by atoms with Gasteiger partial charge in [-0.05, 0) is 18.4 Å². The third-order valence-electron chi connectivity index (χ3n) is 2.91. The smallest absolute Gasteiger partial charge is 0.236 e. The van der Waals surface area contributed by atoms with Crippen LogP contribution in [0.2, 0.25) is 0 Å². The highest BCUT2D eigenvalue weighted by molar-refractivity contribution is 5.81. The van der Waals surface area contributed by atoms with Gasteiger partial charge in [0.2, 0.25) is 5.91 Å². The predicted octanol–water partition coefficient (Wildman–Crippen LogP) is 1.47. The summed E-state index contributed by atoms with van der Waals surface area (Å²) in [6.45, 7) is 6.55. The van der Waals surface area contributed by atoms with Crippen LogP contribution in [0.3, 0.4) is 0 Å². The van der Waals surface area contributed by atoms with Crippen LogP contribution >= 0.6 is 0 Å². The molecule has 0 radical (unpaired) electrons. The Kier molecular flexibility index (Phi) is 6.53. The highest BCUT2D eigenvalue weighted by Gasteiger charge is 2.18. The van der Waals surface area contributed by atoms with Crippen LogP contribution in [-0.4, -0.2) is 30.2 Å². The summed E-state index contributed by atoms with van der Waals surface area (Å²) in [6, 6.07) is 9.08. The summed E-state index contributed by atoms with van der Waals surface area (Å²) >= 11 is 0. The zero-order valence-electron chi connectivity index (χ0n) is 11.9. The Labute approximate surface area is 115 Å². The summed E-state index contributed by atoms with van der Waals surface area (Å²) in [5, 5.41) is 15.5. The summed E-state index contributed by atoms with van der Waals surface area (Å²) in [7, 11) is 0. The molecule has 4 nitrogen and oxygen atoms in total. The van der Waals surface area contributed by atoms with Crippen molar-refractivity contribution in [2.45, 2.75) is 32.9 Å². The monoisotopic (exact) mass is 264 g/mol. The molecule has 19 heavy (non-hydrogen) atoms. The van der Waals surface area contributed by atoms with Gasteiger partial charge in [-0.2, -0.15) is 0 Å². The van der Waals surface area contributed by atoms with Crippen LogP contribution in [0.1, 0.15) is 32.4 Å². The lowest BCUT2D eigenvalue weighted by Crippen LogP contribution is -2.45. The number of carbonyl (C=O) groups is 1. The molecule has 4 heteroatoms. The van der Waals surface area contributed by atoms with Gasteiger partial charge in [0.25, 0.3) is 0 Å². The van der Waals surface area contributed by atoms with Crippen LogP contribution < -0.4 is 10.6 Å². The van der Waals surface area contributed by atoms with Crippen molar-refractivity contribution in [2.75, 3.05) is 13.2 Å². The Morgan fingerprint density at radius 2 is 1.84 bits per heavy atom. The van der Waals surface area contributed by atoms with Crippen molar-refractivity contribution >= 4 is 5.91 Å². The molecule has 1 aromatic rings. The first-order chi connectivity index (χ1) is 9.04. The number of hydrogen-bond donors (Lipinski definition) is 3. The zero-order valence-corrected chi connectivity index (χ0v) is 11.9. The summed E-state index contributed by atoms with van der Waals surface area (Å²) in [5.74, 6) is 0.391. The maximum absolute atomic E-state index is 11.9. The minimum Gasteiger partial charge on any atom is -0.394 e. The number of aliphatic hydroxyl groups is 1. The van der Waals surface area contributed by atoms with E-state index in [1.54, 1.807) is 6.92 Å². The number of benzene rings is 1. The molecule has 0 aromatic heterocycles. The first kappa shape index (κ1) is 15.7. The van der Waals surface area contributed by atoms with Crippen molar-refractivity contribution < 1.29 is 9.90 Å². The third-order valence-corrected chi connectivity index (χ3v) is 2.91. The molecule has 3 N–H and O–H groups in total. The molecule has 0 heterocycles. The van der Waals surface area contributed by atoms with E-state index in [0.717, 1.165) is 5.56 Å². The van der Waals surface area contributed by atoms with Crippen molar-refractivity contribution in [2.24, 2.45) is 5.92 Å². The molecule has 1 amide bonds. The van der Waals surface area contributed by atoms with Crippen molar-refractivity contribution in [1.82, 2.24) is 10.6 Å². The summed E-state index contributed by atoms with van der Waals surface area (Å²) in [5.41, 5.74) is 0.980. The molecular weight excluding hydrogens is 240 g/mol. The molecule has 0 aliphatic carbocycles. The average Bonchev–Trinajstić information content (AvgIpc) is 2.42. The van der Waals surface area contributed by atoms with Crippen molar-refractivity contribution in [3.8, 4) is 0 Å². The van der Waals surface area contributed by atoms with Gasteiger partial charge in [-0.3, -0.25) is 10.1 Å². The van der Waals surface area contributed by atoms with E-state index in [9.17, 15) is 9.90 Å². The van der Waals surface area contributed by atoms with E-state index in [1.165, 1.54) is 0 Å². The highest BCUT2D eigenvalue weighted by Crippen LogP contribution is 2.12. The van der Waals surface area contributed by atoms with E-state index in [2.05, 4.69) is 24.5 Å². The zero-order chi connectivity index (χ0) is 14.3. The number of hydrogen-bond acceptors (Lipinski definition) is 3. The molecular formula is C15H24N2O2. The number of aliphatic hydroxyl groups excluding tert-OH is 1. The summed E-state index contributed by atoms with van der Waals surface area (Å²) in [4.78, 5) is 11.9. The Morgan fingerprint density at radius 1 is 1.21 bits per heavy atom. The predicted molar refractivity (Wildman–Crippen MR) is 76.7 cm³/mol. The van der Waals surface area contributed by atoms with Crippen molar-refractivity contribution in [1.29, 1.82) is 0 Å². The Hall–Kier alpha value is -1.39. The molecule has 106 valence electrons. The van der Waals surface area contributed by atoms with Crippen molar-refractivity contribution in [3.63, 3.8) is 0 Å². The summed E-state index contributed by atoms with van der Waals surface area (Å²) in [6.07, 6.45) is 0. The lowest BCUT2D eigenvalue weighted by molar-refractivity contribution is -0.123. The second kappa shape index (κ2) is 7.92. The largest absolute Gasteiger partial charge is 0.394 e. The lowest BCUT2D eigenvalue weighted by atomic mass is 10.1. The molecule has 0 saturated carbocycles. The second-order valence-electron chi connectivity index (χ2n) is 5.17. The van der Waals surface area contributed by atoms with Crippen LogP contribution in [0, 0.1) is 5.92 Å². The molecule has 0 fully saturated rings. The SMILES string of the molecule is CC(C)CNC(=O)C(C)NC(CO)c1ccccc1. The summed E-state index contributed by atoms with van der Waals surface area (Å²) < 4.78 is 0. The third kappa shape index (κ3) is 5.41. The molecule has 0 aliphatic heterocycles. The van der Waals surface area contributed by atoms with Gasteiger partial charge >= 0.3 is 0 Å². The fourth-order valence-electron chi connectivity index (χ4n) is 1.77. The normalized spacial score (nSPS) is 14.2. The Bertz CT molecular complexity index is 379. The van der Waals surface area contributed by atoms with Crippen LogP contribution in [0.5, 0.6) is 0 Å². The molecule has 2 unspecified atom stereocenters. The number of rotatable bonds is 7. The van der Waals surface area contributed by atoms with E-state index in [4.69, 9.17) is 0 Å². The first-order valence-electron chi connectivity index (χ1n) is 6.74. The fraction of sp³-hybridized carbons (Fsp3) is 0.533. The maximum Gasteiger partial charge on any atom is 0.236 e. The van der Waals surface area contributed by atoms with Gasteiger partial charge in [-0.1, -0.05) is 44.2 Å². The number of carbonyl (C=O) groups excluding carboxylic acids is 1. The maximum atomic E-state index is 11.9. The van der Waals surface area contributed by atoms with Crippen LogP contribution in [-0.2, 0) is 4.79 Å². The average molecular weight is 264 g/mol. The van der Waals surface area contributed by atoms with Gasteiger partial charge in [0.1, 0.15) is 0 Å². The van der Waals surface area contributed by atoms with Crippen molar-refractivity contribution in [3.05, 3.63) is 35.9 Å². The van der Waals surface area contributed by atoms with Gasteiger partial charge in [0.05, 0.1) is 18.7 Å². The number of amides is 1. The van der Waals surface area contributed by atoms with Crippen LogP contribution in [0.4, 0.5) is 0 Å².